The van der Waals surface area contributed by atoms with Crippen molar-refractivity contribution >= 4 is 45.1 Å². The molecule has 3 aromatic carbocycles. The highest BCUT2D eigenvalue weighted by Gasteiger charge is 2.44. The highest BCUT2D eigenvalue weighted by atomic mass is 19.3. The van der Waals surface area contributed by atoms with Crippen molar-refractivity contribution in [2.75, 3.05) is 56.9 Å². The van der Waals surface area contributed by atoms with Gasteiger partial charge in [-0.3, -0.25) is 28.8 Å². The SMILES string of the molecule is COc1cc(-c2cn(C)c(=O)c3cnc(N4CCOCC4)cc23)cc(OC)c1CN1CC(F)(F)c2cc(-c3cccc4c3n(C)c(=O)n4C3CCC(=O)NC3=O)ccc21. The molecular weight excluding hydrogens is 765 g/mol. The number of halogens is 2. The van der Waals surface area contributed by atoms with E-state index in [1.165, 1.54) is 34.0 Å². The van der Waals surface area contributed by atoms with Crippen LogP contribution in [0.15, 0.2) is 76.6 Å². The summed E-state index contributed by atoms with van der Waals surface area (Å²) in [5.41, 5.74) is 3.49. The molecule has 1 atom stereocenters. The Morgan fingerprint density at radius 2 is 1.66 bits per heavy atom. The monoisotopic (exact) mass is 805 g/mol. The number of fused-ring (bicyclic) bond motifs is 3. The number of methoxy groups -OCH3 is 2. The lowest BCUT2D eigenvalue weighted by atomic mass is 9.98. The molecule has 2 fully saturated rings. The number of carbonyl (C=O) groups is 2. The Kier molecular flexibility index (Phi) is 9.26. The van der Waals surface area contributed by atoms with E-state index in [-0.39, 0.29) is 30.5 Å². The zero-order chi connectivity index (χ0) is 41.3. The van der Waals surface area contributed by atoms with Crippen LogP contribution in [-0.4, -0.2) is 77.6 Å². The molecule has 0 radical (unpaired) electrons. The van der Waals surface area contributed by atoms with Crippen LogP contribution in [0.4, 0.5) is 20.3 Å². The molecule has 304 valence electrons. The Morgan fingerprint density at radius 3 is 2.37 bits per heavy atom. The molecule has 3 aromatic heterocycles. The Labute approximate surface area is 336 Å². The van der Waals surface area contributed by atoms with Gasteiger partial charge in [0.05, 0.1) is 62.5 Å². The number of para-hydroxylation sites is 1. The number of nitrogens with zero attached hydrogens (tertiary/aromatic N) is 6. The van der Waals surface area contributed by atoms with Crippen molar-refractivity contribution in [3.63, 3.8) is 0 Å². The lowest BCUT2D eigenvalue weighted by Crippen LogP contribution is -2.44. The number of pyridine rings is 2. The number of rotatable bonds is 8. The van der Waals surface area contributed by atoms with E-state index < -0.39 is 36.0 Å². The fraction of sp³-hybridized carbons (Fsp3) is 0.326. The summed E-state index contributed by atoms with van der Waals surface area (Å²) >= 11 is 0. The molecule has 59 heavy (non-hydrogen) atoms. The largest absolute Gasteiger partial charge is 0.496 e. The van der Waals surface area contributed by atoms with Gasteiger partial charge in [0.25, 0.3) is 11.5 Å². The van der Waals surface area contributed by atoms with Crippen molar-refractivity contribution in [2.24, 2.45) is 14.1 Å². The van der Waals surface area contributed by atoms with Gasteiger partial charge in [0, 0.05) is 73.8 Å². The van der Waals surface area contributed by atoms with Gasteiger partial charge in [0.15, 0.2) is 0 Å². The van der Waals surface area contributed by atoms with Gasteiger partial charge in [0.2, 0.25) is 11.8 Å². The molecule has 0 spiro atoms. The number of hydrogen-bond acceptors (Lipinski definition) is 10. The number of piperidine rings is 1. The summed E-state index contributed by atoms with van der Waals surface area (Å²) in [7, 11) is 6.29. The quantitative estimate of drug-likeness (QED) is 0.212. The van der Waals surface area contributed by atoms with Gasteiger partial charge in [-0.15, -0.1) is 0 Å². The van der Waals surface area contributed by atoms with Crippen LogP contribution in [0.25, 0.3) is 44.1 Å². The minimum atomic E-state index is -3.23. The molecule has 1 unspecified atom stereocenters. The van der Waals surface area contributed by atoms with Crippen LogP contribution in [-0.2, 0) is 40.9 Å². The summed E-state index contributed by atoms with van der Waals surface area (Å²) in [6.45, 7) is 1.94. The van der Waals surface area contributed by atoms with Crippen molar-refractivity contribution in [3.8, 4) is 33.8 Å². The first-order chi connectivity index (χ1) is 28.4. The molecular formula is C43H41F2N7O7. The number of nitrogens with one attached hydrogen (secondary N) is 1. The Balaban J connectivity index is 1.08. The zero-order valence-electron chi connectivity index (χ0n) is 32.9. The van der Waals surface area contributed by atoms with Crippen LogP contribution < -0.4 is 35.8 Å². The number of aryl methyl sites for hydroxylation is 2. The number of imide groups is 1. The van der Waals surface area contributed by atoms with Crippen LogP contribution in [0.5, 0.6) is 11.5 Å². The maximum atomic E-state index is 16.1. The Bertz CT molecular complexity index is 2820. The van der Waals surface area contributed by atoms with E-state index in [0.29, 0.717) is 87.5 Å². The molecule has 6 aromatic rings. The Hall–Kier alpha value is -6.55. The number of morpholine rings is 1. The zero-order valence-corrected chi connectivity index (χ0v) is 32.9. The molecule has 0 aliphatic carbocycles. The third-order valence-corrected chi connectivity index (χ3v) is 11.7. The van der Waals surface area contributed by atoms with E-state index in [9.17, 15) is 19.2 Å². The molecule has 9 rings (SSSR count). The van der Waals surface area contributed by atoms with Crippen LogP contribution in [0, 0.1) is 0 Å². The highest BCUT2D eigenvalue weighted by molar-refractivity contribution is 6.01. The number of imidazole rings is 1. The van der Waals surface area contributed by atoms with Crippen molar-refractivity contribution < 1.29 is 32.6 Å². The second kappa shape index (κ2) is 14.4. The maximum absolute atomic E-state index is 16.1. The summed E-state index contributed by atoms with van der Waals surface area (Å²) in [6.07, 6.45) is 3.63. The molecule has 0 bridgehead atoms. The maximum Gasteiger partial charge on any atom is 0.329 e. The number of hydrogen-bond donors (Lipinski definition) is 1. The number of carbonyl (C=O) groups excluding carboxylic acids is 2. The molecule has 2 amide bonds. The van der Waals surface area contributed by atoms with E-state index in [4.69, 9.17) is 14.2 Å². The molecule has 6 heterocycles. The third kappa shape index (κ3) is 6.29. The molecule has 0 saturated carbocycles. The smallest absolute Gasteiger partial charge is 0.329 e. The van der Waals surface area contributed by atoms with E-state index in [1.807, 2.05) is 18.2 Å². The number of amides is 2. The standard InChI is InChI=1S/C43H41F2N7O7/c1-48-21-29(27-19-37(46-20-28(27)41(48)55)50-12-14-59-15-13-50)25-17-35(57-3)30(36(18-25)58-4)22-51-23-43(44,45)31-16-24(8-9-32(31)51)26-6-5-7-33-39(26)49(2)42(56)52(33)34-10-11-38(53)47-40(34)54/h5-9,16-21,34H,10-15,22-23H2,1-4H3,(H,47,53,54). The first-order valence-electron chi connectivity index (χ1n) is 19.3. The van der Waals surface area contributed by atoms with Gasteiger partial charge in [-0.05, 0) is 53.9 Å². The van der Waals surface area contributed by atoms with Crippen molar-refractivity contribution in [2.45, 2.75) is 31.4 Å². The summed E-state index contributed by atoms with van der Waals surface area (Å²) < 4.78 is 53.9. The van der Waals surface area contributed by atoms with Crippen LogP contribution in [0.1, 0.15) is 30.0 Å². The fourth-order valence-electron chi connectivity index (χ4n) is 8.76. The van der Waals surface area contributed by atoms with E-state index in [2.05, 4.69) is 15.2 Å². The summed E-state index contributed by atoms with van der Waals surface area (Å²) in [4.78, 5) is 59.8. The molecule has 14 nitrogen and oxygen atoms in total. The van der Waals surface area contributed by atoms with Crippen molar-refractivity contribution in [1.82, 2.24) is 24.0 Å². The average Bonchev–Trinajstić information content (AvgIpc) is 3.65. The first-order valence-corrected chi connectivity index (χ1v) is 19.3. The number of ether oxygens (including phenoxy) is 3. The topological polar surface area (TPSA) is 142 Å². The second-order valence-corrected chi connectivity index (χ2v) is 15.1. The predicted octanol–water partition coefficient (Wildman–Crippen LogP) is 4.86. The summed E-state index contributed by atoms with van der Waals surface area (Å²) in [5, 5.41) is 3.46. The normalized spacial score (nSPS) is 17.8. The molecule has 1 N–H and O–H groups in total. The van der Waals surface area contributed by atoms with Crippen LogP contribution >= 0.6 is 0 Å². The minimum Gasteiger partial charge on any atom is -0.496 e. The number of alkyl halides is 2. The van der Waals surface area contributed by atoms with E-state index >= 15 is 8.78 Å². The first kappa shape index (κ1) is 38.0. The summed E-state index contributed by atoms with van der Waals surface area (Å²) in [6, 6.07) is 14.7. The second-order valence-electron chi connectivity index (χ2n) is 15.1. The van der Waals surface area contributed by atoms with Gasteiger partial charge < -0.3 is 28.6 Å². The number of anilines is 2. The third-order valence-electron chi connectivity index (χ3n) is 11.7. The van der Waals surface area contributed by atoms with Crippen molar-refractivity contribution in [3.05, 3.63) is 99.0 Å². The van der Waals surface area contributed by atoms with Crippen molar-refractivity contribution in [1.29, 1.82) is 0 Å². The lowest BCUT2D eigenvalue weighted by molar-refractivity contribution is -0.135. The fourth-order valence-corrected chi connectivity index (χ4v) is 8.76. The average molecular weight is 806 g/mol. The Morgan fingerprint density at radius 1 is 0.915 bits per heavy atom. The highest BCUT2D eigenvalue weighted by Crippen LogP contribution is 2.48. The number of benzene rings is 3. The molecule has 16 heteroatoms. The lowest BCUT2D eigenvalue weighted by Gasteiger charge is -2.28. The van der Waals surface area contributed by atoms with Gasteiger partial charge in [0.1, 0.15) is 23.4 Å². The number of aromatic nitrogens is 4. The predicted molar refractivity (Wildman–Crippen MR) is 218 cm³/mol. The van der Waals surface area contributed by atoms with E-state index in [1.54, 1.807) is 61.7 Å². The van der Waals surface area contributed by atoms with Gasteiger partial charge in [-0.1, -0.05) is 18.2 Å². The summed E-state index contributed by atoms with van der Waals surface area (Å²) in [5.74, 6) is -2.61. The van der Waals surface area contributed by atoms with Gasteiger partial charge in [-0.25, -0.2) is 9.78 Å². The minimum absolute atomic E-state index is 0.0343. The molecule has 3 aliphatic rings. The van der Waals surface area contributed by atoms with Gasteiger partial charge >= 0.3 is 5.69 Å². The van der Waals surface area contributed by atoms with Gasteiger partial charge in [-0.2, -0.15) is 8.78 Å². The molecule has 2 saturated heterocycles. The van der Waals surface area contributed by atoms with Crippen LogP contribution in [0.2, 0.25) is 0 Å². The molecule has 3 aliphatic heterocycles. The van der Waals surface area contributed by atoms with Crippen LogP contribution in [0.3, 0.4) is 0 Å². The van der Waals surface area contributed by atoms with E-state index in [0.717, 1.165) is 11.4 Å².